The number of likely N-dealkylation sites (N-methyl/N-ethyl adjacent to an activating group) is 1. The molecule has 202 valence electrons. The molecular weight excluding hydrogens is 514 g/mol. The molecule has 3 aromatic rings. The number of benzene rings is 1. The molecule has 0 saturated carbocycles. The summed E-state index contributed by atoms with van der Waals surface area (Å²) < 4.78 is 35.1. The van der Waals surface area contributed by atoms with Crippen LogP contribution in [0.15, 0.2) is 41.7 Å². The monoisotopic (exact) mass is 543 g/mol. The van der Waals surface area contributed by atoms with Crippen LogP contribution in [0.4, 0.5) is 9.59 Å². The number of hydrogen-bond acceptors (Lipinski definition) is 10. The van der Waals surface area contributed by atoms with Crippen LogP contribution in [-0.4, -0.2) is 83.0 Å². The second-order valence-electron chi connectivity index (χ2n) is 8.03. The highest BCUT2D eigenvalue weighted by Gasteiger charge is 2.25. The molecule has 38 heavy (non-hydrogen) atoms. The van der Waals surface area contributed by atoms with Gasteiger partial charge in [0.05, 0.1) is 46.4 Å². The van der Waals surface area contributed by atoms with Crippen LogP contribution in [0.2, 0.25) is 0 Å². The minimum Gasteiger partial charge on any atom is -0.493 e. The lowest BCUT2D eigenvalue weighted by molar-refractivity contribution is 0.0599. The van der Waals surface area contributed by atoms with Crippen LogP contribution < -0.4 is 4.74 Å². The third-order valence-electron chi connectivity index (χ3n) is 5.43. The topological polar surface area (TPSA) is 146 Å². The van der Waals surface area contributed by atoms with E-state index in [-0.39, 0.29) is 24.1 Å². The number of methoxy groups -OCH3 is 1. The van der Waals surface area contributed by atoms with Gasteiger partial charge in [0.25, 0.3) is 0 Å². The van der Waals surface area contributed by atoms with Crippen LogP contribution >= 0.6 is 0 Å². The van der Waals surface area contributed by atoms with Crippen LogP contribution in [0.5, 0.6) is 5.75 Å². The highest BCUT2D eigenvalue weighted by molar-refractivity contribution is 7.84. The maximum atomic E-state index is 13.5. The smallest absolute Gasteiger partial charge is 0.493 e. The Kier molecular flexibility index (Phi) is 10.6. The molecule has 0 aliphatic heterocycles. The maximum absolute atomic E-state index is 13.5. The molecule has 0 bridgehead atoms. The number of carbonyl (C=O) groups is 2. The van der Waals surface area contributed by atoms with Crippen molar-refractivity contribution in [3.63, 3.8) is 0 Å². The molecule has 3 rings (SSSR count). The van der Waals surface area contributed by atoms with Crippen LogP contribution in [0.1, 0.15) is 17.7 Å². The highest BCUT2D eigenvalue weighted by atomic mass is 32.2. The van der Waals surface area contributed by atoms with Crippen molar-refractivity contribution in [1.29, 1.82) is 5.26 Å². The first-order valence-electron chi connectivity index (χ1n) is 11.7. The molecule has 2 heterocycles. The highest BCUT2D eigenvalue weighted by Crippen LogP contribution is 2.24. The average molecular weight is 544 g/mol. The number of nitriles is 1. The van der Waals surface area contributed by atoms with Crippen molar-refractivity contribution in [3.05, 3.63) is 47.8 Å². The third-order valence-corrected chi connectivity index (χ3v) is 6.65. The molecule has 0 fully saturated rings. The molecule has 0 aliphatic carbocycles. The van der Waals surface area contributed by atoms with E-state index in [2.05, 4.69) is 14.7 Å². The Balaban J connectivity index is 1.78. The van der Waals surface area contributed by atoms with Crippen LogP contribution in [0.3, 0.4) is 0 Å². The minimum absolute atomic E-state index is 0.0231. The lowest BCUT2D eigenvalue weighted by Crippen LogP contribution is -2.35. The number of nitrogens with zero attached hydrogens (tertiary/aromatic N) is 5. The Morgan fingerprint density at radius 3 is 2.71 bits per heavy atom. The third kappa shape index (κ3) is 7.27. The van der Waals surface area contributed by atoms with Gasteiger partial charge in [-0.3, -0.25) is 9.19 Å². The second-order valence-corrected chi connectivity index (χ2v) is 9.38. The van der Waals surface area contributed by atoms with E-state index >= 15 is 0 Å². The Morgan fingerprint density at radius 1 is 1.16 bits per heavy atom. The fourth-order valence-corrected chi connectivity index (χ4v) is 4.69. The number of hydrogen-bond donors (Lipinski definition) is 0. The van der Waals surface area contributed by atoms with Gasteiger partial charge in [-0.15, -0.1) is 0 Å². The summed E-state index contributed by atoms with van der Waals surface area (Å²) in [5, 5.41) is 8.53. The summed E-state index contributed by atoms with van der Waals surface area (Å²) in [5.74, 6) is 0.663. The number of rotatable bonds is 12. The van der Waals surface area contributed by atoms with Gasteiger partial charge in [0, 0.05) is 38.9 Å². The van der Waals surface area contributed by atoms with Crippen molar-refractivity contribution in [1.82, 2.24) is 19.4 Å². The van der Waals surface area contributed by atoms with Gasteiger partial charge < -0.3 is 23.8 Å². The van der Waals surface area contributed by atoms with Gasteiger partial charge in [-0.2, -0.15) is 5.26 Å². The lowest BCUT2D eigenvalue weighted by atomic mass is 10.2. The Labute approximate surface area is 222 Å². The van der Waals surface area contributed by atoms with Gasteiger partial charge in [-0.05, 0) is 25.1 Å². The minimum atomic E-state index is -1.73. The lowest BCUT2D eigenvalue weighted by Gasteiger charge is -2.19. The molecule has 0 radical (unpaired) electrons. The molecule has 0 saturated heterocycles. The molecule has 1 unspecified atom stereocenters. The van der Waals surface area contributed by atoms with Crippen LogP contribution in [0, 0.1) is 18.3 Å². The SMILES string of the molecule is COCCCOc1ccnc(CS(=O)c2nc3ccccc3n2C(=O)N(C)CCOC(=O)OCC#N)c1C. The van der Waals surface area contributed by atoms with E-state index < -0.39 is 29.6 Å². The molecular formula is C25H29N5O7S. The number of aromatic nitrogens is 3. The predicted molar refractivity (Wildman–Crippen MR) is 137 cm³/mol. The normalized spacial score (nSPS) is 11.5. The van der Waals surface area contributed by atoms with E-state index in [9.17, 15) is 13.8 Å². The summed E-state index contributed by atoms with van der Waals surface area (Å²) in [6.07, 6.45) is 1.31. The first-order chi connectivity index (χ1) is 18.4. The van der Waals surface area contributed by atoms with E-state index in [1.54, 1.807) is 49.7 Å². The van der Waals surface area contributed by atoms with E-state index in [1.165, 1.54) is 16.5 Å². The number of carbonyl (C=O) groups excluding carboxylic acids is 2. The summed E-state index contributed by atoms with van der Waals surface area (Å²) in [7, 11) is 1.42. The fraction of sp³-hybridized carbons (Fsp3) is 0.400. The molecule has 0 N–H and O–H groups in total. The molecule has 13 heteroatoms. The first-order valence-corrected chi connectivity index (χ1v) is 13.0. The Morgan fingerprint density at radius 2 is 1.95 bits per heavy atom. The zero-order chi connectivity index (χ0) is 27.5. The number of imidazole rings is 1. The van der Waals surface area contributed by atoms with Crippen molar-refractivity contribution >= 4 is 34.0 Å². The van der Waals surface area contributed by atoms with Crippen molar-refractivity contribution in [2.45, 2.75) is 24.3 Å². The van der Waals surface area contributed by atoms with Gasteiger partial charge in [-0.1, -0.05) is 12.1 Å². The molecule has 0 aliphatic rings. The number of pyridine rings is 1. The van der Waals surface area contributed by atoms with Gasteiger partial charge in [0.2, 0.25) is 5.16 Å². The predicted octanol–water partition coefficient (Wildman–Crippen LogP) is 3.04. The van der Waals surface area contributed by atoms with E-state index in [4.69, 9.17) is 19.5 Å². The Bertz CT molecular complexity index is 1340. The molecule has 0 spiro atoms. The summed E-state index contributed by atoms with van der Waals surface area (Å²) in [4.78, 5) is 35.0. The van der Waals surface area contributed by atoms with E-state index in [0.717, 1.165) is 12.0 Å². The zero-order valence-corrected chi connectivity index (χ0v) is 22.2. The number of amides is 1. The standard InChI is InChI=1S/C25H29N5O7S/c1-18-20(27-11-9-22(18)35-14-6-13-34-3)17-38(33)23-28-19-7-4-5-8-21(19)30(23)24(31)29(2)12-16-37-25(32)36-15-10-26/h4-5,7-9,11H,6,12-17H2,1-3H3. The number of fused-ring (bicyclic) bond motifs is 1. The largest absolute Gasteiger partial charge is 0.509 e. The average Bonchev–Trinajstić information content (AvgIpc) is 3.31. The van der Waals surface area contributed by atoms with Gasteiger partial charge in [0.1, 0.15) is 18.4 Å². The van der Waals surface area contributed by atoms with Gasteiger partial charge >= 0.3 is 12.2 Å². The number of para-hydroxylation sites is 2. The van der Waals surface area contributed by atoms with Crippen LogP contribution in [0.25, 0.3) is 11.0 Å². The van der Waals surface area contributed by atoms with E-state index in [1.807, 2.05) is 6.92 Å². The van der Waals surface area contributed by atoms with E-state index in [0.29, 0.717) is 35.7 Å². The summed E-state index contributed by atoms with van der Waals surface area (Å²) in [5.41, 5.74) is 2.32. The van der Waals surface area contributed by atoms with Crippen molar-refractivity contribution in [3.8, 4) is 11.8 Å². The van der Waals surface area contributed by atoms with Gasteiger partial charge in [-0.25, -0.2) is 19.1 Å². The van der Waals surface area contributed by atoms with Crippen molar-refractivity contribution < 1.29 is 32.7 Å². The zero-order valence-electron chi connectivity index (χ0n) is 21.4. The van der Waals surface area contributed by atoms with Crippen LogP contribution in [-0.2, 0) is 30.8 Å². The van der Waals surface area contributed by atoms with Gasteiger partial charge in [0.15, 0.2) is 6.61 Å². The first kappa shape index (κ1) is 28.5. The molecule has 1 atom stereocenters. The summed E-state index contributed by atoms with van der Waals surface area (Å²) >= 11 is 0. The molecule has 1 aromatic carbocycles. The summed E-state index contributed by atoms with van der Waals surface area (Å²) in [6.45, 7) is 2.34. The maximum Gasteiger partial charge on any atom is 0.509 e. The van der Waals surface area contributed by atoms with Crippen molar-refractivity contribution in [2.75, 3.05) is 47.1 Å². The van der Waals surface area contributed by atoms with Crippen molar-refractivity contribution in [2.24, 2.45) is 0 Å². The molecule has 12 nitrogen and oxygen atoms in total. The fourth-order valence-electron chi connectivity index (χ4n) is 3.44. The molecule has 2 aromatic heterocycles. The second kappa shape index (κ2) is 14.1. The quantitative estimate of drug-likeness (QED) is 0.247. The molecule has 1 amide bonds. The number of ether oxygens (including phenoxy) is 4. The summed E-state index contributed by atoms with van der Waals surface area (Å²) in [6, 6.07) is 9.88. The Hall–Kier alpha value is -4.02.